The maximum absolute atomic E-state index is 12.9. The zero-order valence-corrected chi connectivity index (χ0v) is 15.1. The lowest BCUT2D eigenvalue weighted by Crippen LogP contribution is -3.28. The van der Waals surface area contributed by atoms with Gasteiger partial charge in [0.1, 0.15) is 32.0 Å². The minimum atomic E-state index is -0.325. The number of anilines is 2. The lowest BCUT2D eigenvalue weighted by molar-refractivity contribution is -1.00. The molecule has 0 radical (unpaired) electrons. The van der Waals surface area contributed by atoms with Gasteiger partial charge in [0.2, 0.25) is 0 Å². The second kappa shape index (κ2) is 9.25. The quantitative estimate of drug-likeness (QED) is 0.536. The normalized spacial score (nSPS) is 19.3. The number of hydrogen-bond acceptors (Lipinski definition) is 2. The van der Waals surface area contributed by atoms with Gasteiger partial charge >= 0.3 is 0 Å². The third-order valence-electron chi connectivity index (χ3n) is 4.67. The predicted molar refractivity (Wildman–Crippen MR) is 101 cm³/mol. The number of halogens is 1. The zero-order valence-electron chi connectivity index (χ0n) is 15.1. The van der Waals surface area contributed by atoms with Crippen LogP contribution in [0.15, 0.2) is 54.6 Å². The van der Waals surface area contributed by atoms with Gasteiger partial charge in [0, 0.05) is 11.4 Å². The van der Waals surface area contributed by atoms with Gasteiger partial charge in [-0.15, -0.1) is 0 Å². The van der Waals surface area contributed by atoms with E-state index in [0.717, 1.165) is 31.9 Å². The number of carbonyl (C=O) groups is 2. The van der Waals surface area contributed by atoms with Crippen LogP contribution in [0.5, 0.6) is 0 Å². The van der Waals surface area contributed by atoms with E-state index in [-0.39, 0.29) is 17.6 Å². The summed E-state index contributed by atoms with van der Waals surface area (Å²) in [6.07, 6.45) is 0. The maximum Gasteiger partial charge on any atom is 0.279 e. The van der Waals surface area contributed by atoms with E-state index in [1.54, 1.807) is 12.1 Å². The highest BCUT2D eigenvalue weighted by molar-refractivity contribution is 5.91. The Kier molecular flexibility index (Phi) is 6.51. The van der Waals surface area contributed by atoms with E-state index in [9.17, 15) is 14.0 Å². The molecule has 2 amide bonds. The van der Waals surface area contributed by atoms with Gasteiger partial charge in [0.15, 0.2) is 13.1 Å². The summed E-state index contributed by atoms with van der Waals surface area (Å²) in [5.41, 5.74) is 1.41. The van der Waals surface area contributed by atoms with Crippen molar-refractivity contribution in [3.8, 4) is 0 Å². The zero-order chi connectivity index (χ0) is 19.1. The van der Waals surface area contributed by atoms with Crippen LogP contribution in [0.2, 0.25) is 0 Å². The molecule has 4 N–H and O–H groups in total. The minimum absolute atomic E-state index is 0.00806. The Morgan fingerprint density at radius 2 is 1.19 bits per heavy atom. The average Bonchev–Trinajstić information content (AvgIpc) is 2.66. The fourth-order valence-corrected chi connectivity index (χ4v) is 3.23. The summed E-state index contributed by atoms with van der Waals surface area (Å²) in [5.74, 6) is -0.399. The van der Waals surface area contributed by atoms with E-state index in [1.807, 2.05) is 30.3 Å². The molecule has 0 saturated carbocycles. The Labute approximate surface area is 158 Å². The van der Waals surface area contributed by atoms with E-state index in [0.29, 0.717) is 18.8 Å². The largest absolute Gasteiger partial charge is 0.321 e. The Bertz CT molecular complexity index is 759. The number of quaternary nitrogens is 2. The van der Waals surface area contributed by atoms with Gasteiger partial charge < -0.3 is 20.4 Å². The smallest absolute Gasteiger partial charge is 0.279 e. The predicted octanol–water partition coefficient (Wildman–Crippen LogP) is -0.814. The highest BCUT2D eigenvalue weighted by Crippen LogP contribution is 2.07. The fourth-order valence-electron chi connectivity index (χ4n) is 3.23. The lowest BCUT2D eigenvalue weighted by atomic mass is 10.3. The van der Waals surface area contributed by atoms with E-state index >= 15 is 0 Å². The molecule has 3 rings (SSSR count). The van der Waals surface area contributed by atoms with E-state index in [1.165, 1.54) is 21.9 Å². The number of amides is 2. The molecule has 2 aromatic carbocycles. The third-order valence-corrected chi connectivity index (χ3v) is 4.67. The van der Waals surface area contributed by atoms with Gasteiger partial charge in [-0.2, -0.15) is 0 Å². The Hall–Kier alpha value is -2.77. The summed E-state index contributed by atoms with van der Waals surface area (Å²) in [4.78, 5) is 26.7. The average molecular weight is 372 g/mol. The molecule has 0 aromatic heterocycles. The van der Waals surface area contributed by atoms with E-state index in [2.05, 4.69) is 10.6 Å². The van der Waals surface area contributed by atoms with Gasteiger partial charge in [0.25, 0.3) is 11.8 Å². The lowest BCUT2D eigenvalue weighted by Gasteiger charge is -2.28. The molecule has 2 aromatic rings. The van der Waals surface area contributed by atoms with Crippen LogP contribution in [0, 0.1) is 5.82 Å². The van der Waals surface area contributed by atoms with Crippen LogP contribution >= 0.6 is 0 Å². The van der Waals surface area contributed by atoms with E-state index in [4.69, 9.17) is 0 Å². The van der Waals surface area contributed by atoms with Gasteiger partial charge in [-0.3, -0.25) is 9.59 Å². The molecular formula is C20H25FN4O2+2. The second-order valence-corrected chi connectivity index (χ2v) is 6.82. The first-order valence-electron chi connectivity index (χ1n) is 9.16. The topological polar surface area (TPSA) is 67.1 Å². The van der Waals surface area contributed by atoms with Crippen molar-refractivity contribution in [2.75, 3.05) is 49.9 Å². The Morgan fingerprint density at radius 1 is 0.741 bits per heavy atom. The molecule has 6 nitrogen and oxygen atoms in total. The van der Waals surface area contributed by atoms with Crippen molar-refractivity contribution in [1.29, 1.82) is 0 Å². The molecule has 1 heterocycles. The number of benzene rings is 2. The monoisotopic (exact) mass is 372 g/mol. The third kappa shape index (κ3) is 6.16. The molecule has 1 fully saturated rings. The van der Waals surface area contributed by atoms with Crippen LogP contribution in [0.1, 0.15) is 0 Å². The van der Waals surface area contributed by atoms with Gasteiger partial charge in [-0.25, -0.2) is 4.39 Å². The van der Waals surface area contributed by atoms with Crippen molar-refractivity contribution in [3.63, 3.8) is 0 Å². The molecule has 7 heteroatoms. The molecule has 0 unspecified atom stereocenters. The van der Waals surface area contributed by atoms with Crippen LogP contribution in [0.4, 0.5) is 15.8 Å². The van der Waals surface area contributed by atoms with Crippen LogP contribution in [-0.4, -0.2) is 51.1 Å². The van der Waals surface area contributed by atoms with Gasteiger partial charge in [-0.05, 0) is 36.4 Å². The van der Waals surface area contributed by atoms with E-state index < -0.39 is 0 Å². The summed E-state index contributed by atoms with van der Waals surface area (Å²) >= 11 is 0. The highest BCUT2D eigenvalue weighted by Gasteiger charge is 2.26. The molecule has 0 bridgehead atoms. The van der Waals surface area contributed by atoms with Crippen LogP contribution in [0.25, 0.3) is 0 Å². The van der Waals surface area contributed by atoms with Crippen molar-refractivity contribution in [3.05, 3.63) is 60.4 Å². The van der Waals surface area contributed by atoms with Gasteiger partial charge in [-0.1, -0.05) is 18.2 Å². The molecule has 27 heavy (non-hydrogen) atoms. The van der Waals surface area contributed by atoms with Crippen molar-refractivity contribution < 1.29 is 23.8 Å². The SMILES string of the molecule is O=C(C[NH+]1CC[NH+](CC(=O)Nc2ccc(F)cc2)CC1)Nc1ccccc1. The summed E-state index contributed by atoms with van der Waals surface area (Å²) in [6, 6.07) is 15.2. The molecule has 0 atom stereocenters. The van der Waals surface area contributed by atoms with Crippen molar-refractivity contribution >= 4 is 23.2 Å². The summed E-state index contributed by atoms with van der Waals surface area (Å²) in [6.45, 7) is 4.18. The van der Waals surface area contributed by atoms with Crippen molar-refractivity contribution in [2.45, 2.75) is 0 Å². The molecule has 0 spiro atoms. The Balaban J connectivity index is 1.37. The minimum Gasteiger partial charge on any atom is -0.321 e. The second-order valence-electron chi connectivity index (χ2n) is 6.82. The number of hydrogen-bond donors (Lipinski definition) is 4. The number of piperazine rings is 1. The van der Waals surface area contributed by atoms with Crippen molar-refractivity contribution in [2.24, 2.45) is 0 Å². The fraction of sp³-hybridized carbons (Fsp3) is 0.300. The highest BCUT2D eigenvalue weighted by atomic mass is 19.1. The van der Waals surface area contributed by atoms with Gasteiger partial charge in [0.05, 0.1) is 0 Å². The number of para-hydroxylation sites is 1. The number of rotatable bonds is 6. The van der Waals surface area contributed by atoms with Crippen LogP contribution in [0.3, 0.4) is 0 Å². The molecule has 1 saturated heterocycles. The molecule has 0 aliphatic carbocycles. The summed E-state index contributed by atoms with van der Waals surface area (Å²) in [7, 11) is 0. The number of nitrogens with one attached hydrogen (secondary N) is 4. The first kappa shape index (κ1) is 19.0. The van der Waals surface area contributed by atoms with Crippen molar-refractivity contribution in [1.82, 2.24) is 0 Å². The summed E-state index contributed by atoms with van der Waals surface area (Å²) in [5, 5.41) is 5.70. The molecule has 1 aliphatic rings. The molecule has 1 aliphatic heterocycles. The molecular weight excluding hydrogens is 347 g/mol. The first-order valence-corrected chi connectivity index (χ1v) is 9.16. The maximum atomic E-state index is 12.9. The summed E-state index contributed by atoms with van der Waals surface area (Å²) < 4.78 is 12.9. The van der Waals surface area contributed by atoms with Crippen LogP contribution in [-0.2, 0) is 9.59 Å². The first-order chi connectivity index (χ1) is 13.1. The number of carbonyl (C=O) groups excluding carboxylic acids is 2. The molecule has 142 valence electrons. The standard InChI is InChI=1S/C20H23FN4O2/c21-16-6-8-18(9-7-16)23-20(27)15-25-12-10-24(11-13-25)14-19(26)22-17-4-2-1-3-5-17/h1-9H,10-15H2,(H,22,26)(H,23,27)/p+2. The van der Waals surface area contributed by atoms with Crippen LogP contribution < -0.4 is 20.4 Å². The Morgan fingerprint density at radius 3 is 1.67 bits per heavy atom.